The molecule has 9 heteroatoms. The lowest BCUT2D eigenvalue weighted by Gasteiger charge is -2.16. The third-order valence-corrected chi connectivity index (χ3v) is 5.38. The molecule has 0 saturated carbocycles. The Morgan fingerprint density at radius 1 is 1.26 bits per heavy atom. The van der Waals surface area contributed by atoms with Gasteiger partial charge in [-0.15, -0.1) is 0 Å². The molecule has 0 unspecified atom stereocenters. The predicted molar refractivity (Wildman–Crippen MR) is 97.9 cm³/mol. The summed E-state index contributed by atoms with van der Waals surface area (Å²) in [5.41, 5.74) is 0.528. The second-order valence-corrected chi connectivity index (χ2v) is 7.63. The highest BCUT2D eigenvalue weighted by Gasteiger charge is 2.20. The smallest absolute Gasteiger partial charge is 0.341 e. The molecule has 1 N–H and O–H groups in total. The molecule has 8 nitrogen and oxygen atoms in total. The Bertz CT molecular complexity index is 949. The summed E-state index contributed by atoms with van der Waals surface area (Å²) in [7, 11) is -0.821. The first kappa shape index (κ1) is 20.7. The minimum atomic E-state index is -3.66. The number of nitrogens with one attached hydrogen (secondary N) is 1. The fourth-order valence-electron chi connectivity index (χ4n) is 2.53. The van der Waals surface area contributed by atoms with Crippen LogP contribution in [0.4, 0.5) is 0 Å². The van der Waals surface area contributed by atoms with Gasteiger partial charge in [0.2, 0.25) is 10.0 Å². The standard InChI is InChI=1S/C18H22N2O6S/c1-5-19-27(23,24)15-8-6-7-13(9-15)17(21)20(3)11-14-10-16(12(2)26-14)18(22)25-4/h6-10,19H,5,11H2,1-4H3. The normalized spacial score (nSPS) is 11.3. The number of ether oxygens (including phenoxy) is 1. The van der Waals surface area contributed by atoms with Gasteiger partial charge in [0.1, 0.15) is 17.1 Å². The second kappa shape index (κ2) is 8.36. The molecule has 0 bridgehead atoms. The van der Waals surface area contributed by atoms with Gasteiger partial charge in [0.05, 0.1) is 18.6 Å². The van der Waals surface area contributed by atoms with E-state index in [1.54, 1.807) is 20.9 Å². The number of hydrogen-bond acceptors (Lipinski definition) is 6. The van der Waals surface area contributed by atoms with E-state index >= 15 is 0 Å². The molecule has 27 heavy (non-hydrogen) atoms. The highest BCUT2D eigenvalue weighted by atomic mass is 32.2. The average molecular weight is 394 g/mol. The van der Waals surface area contributed by atoms with E-state index in [-0.39, 0.29) is 29.5 Å². The van der Waals surface area contributed by atoms with Gasteiger partial charge in [0.25, 0.3) is 5.91 Å². The van der Waals surface area contributed by atoms with Crippen LogP contribution in [0.15, 0.2) is 39.6 Å². The number of furan rings is 1. The van der Waals surface area contributed by atoms with Gasteiger partial charge in [-0.3, -0.25) is 4.79 Å². The number of carbonyl (C=O) groups excluding carboxylic acids is 2. The number of carbonyl (C=O) groups is 2. The van der Waals surface area contributed by atoms with Crippen LogP contribution >= 0.6 is 0 Å². The molecule has 146 valence electrons. The van der Waals surface area contributed by atoms with Gasteiger partial charge in [0, 0.05) is 19.2 Å². The van der Waals surface area contributed by atoms with Crippen LogP contribution in [-0.2, 0) is 21.3 Å². The fraction of sp³-hybridized carbons (Fsp3) is 0.333. The van der Waals surface area contributed by atoms with Gasteiger partial charge in [-0.05, 0) is 31.2 Å². The fourth-order valence-corrected chi connectivity index (χ4v) is 3.62. The predicted octanol–water partition coefficient (Wildman–Crippen LogP) is 1.95. The molecular formula is C18H22N2O6S. The second-order valence-electron chi connectivity index (χ2n) is 5.86. The summed E-state index contributed by atoms with van der Waals surface area (Å²) in [6, 6.07) is 7.32. The summed E-state index contributed by atoms with van der Waals surface area (Å²) in [6.07, 6.45) is 0. The summed E-state index contributed by atoms with van der Waals surface area (Å²) in [4.78, 5) is 25.7. The number of rotatable bonds is 7. The summed E-state index contributed by atoms with van der Waals surface area (Å²) >= 11 is 0. The lowest BCUT2D eigenvalue weighted by Crippen LogP contribution is -2.27. The molecule has 0 aliphatic heterocycles. The van der Waals surface area contributed by atoms with Crippen LogP contribution in [0.2, 0.25) is 0 Å². The maximum atomic E-state index is 12.6. The van der Waals surface area contributed by atoms with Crippen molar-refractivity contribution in [3.05, 3.63) is 53.0 Å². The minimum Gasteiger partial charge on any atom is -0.465 e. The first-order valence-corrected chi connectivity index (χ1v) is 9.70. The number of aryl methyl sites for hydroxylation is 1. The van der Waals surface area contributed by atoms with E-state index in [9.17, 15) is 18.0 Å². The SMILES string of the molecule is CCNS(=O)(=O)c1cccc(C(=O)N(C)Cc2cc(C(=O)OC)c(C)o2)c1. The van der Waals surface area contributed by atoms with Gasteiger partial charge in [-0.2, -0.15) is 0 Å². The lowest BCUT2D eigenvalue weighted by atomic mass is 10.2. The van der Waals surface area contributed by atoms with Crippen LogP contribution in [-0.4, -0.2) is 45.9 Å². The van der Waals surface area contributed by atoms with Crippen molar-refractivity contribution >= 4 is 21.9 Å². The molecule has 0 fully saturated rings. The molecule has 0 spiro atoms. The van der Waals surface area contributed by atoms with Crippen molar-refractivity contribution in [2.45, 2.75) is 25.3 Å². The number of methoxy groups -OCH3 is 1. The lowest BCUT2D eigenvalue weighted by molar-refractivity contribution is 0.0598. The summed E-state index contributed by atoms with van der Waals surface area (Å²) < 4.78 is 36.8. The number of hydrogen-bond donors (Lipinski definition) is 1. The summed E-state index contributed by atoms with van der Waals surface area (Å²) in [6.45, 7) is 3.67. The largest absolute Gasteiger partial charge is 0.465 e. The van der Waals surface area contributed by atoms with Gasteiger partial charge in [0.15, 0.2) is 0 Å². The van der Waals surface area contributed by atoms with Crippen LogP contribution in [0.25, 0.3) is 0 Å². The molecule has 0 radical (unpaired) electrons. The number of benzene rings is 1. The molecule has 1 aromatic heterocycles. The van der Waals surface area contributed by atoms with E-state index in [4.69, 9.17) is 4.42 Å². The zero-order chi connectivity index (χ0) is 20.2. The molecular weight excluding hydrogens is 372 g/mol. The maximum Gasteiger partial charge on any atom is 0.341 e. The highest BCUT2D eigenvalue weighted by molar-refractivity contribution is 7.89. The minimum absolute atomic E-state index is 0.0189. The van der Waals surface area contributed by atoms with E-state index in [1.165, 1.54) is 42.3 Å². The molecule has 0 atom stereocenters. The topological polar surface area (TPSA) is 106 Å². The van der Waals surface area contributed by atoms with Crippen LogP contribution in [0.1, 0.15) is 39.2 Å². The van der Waals surface area contributed by atoms with Crippen LogP contribution in [0.5, 0.6) is 0 Å². The molecule has 1 heterocycles. The number of nitrogens with zero attached hydrogens (tertiary/aromatic N) is 1. The summed E-state index contributed by atoms with van der Waals surface area (Å²) in [5.74, 6) is -0.0772. The highest BCUT2D eigenvalue weighted by Crippen LogP contribution is 2.18. The van der Waals surface area contributed by atoms with E-state index in [0.29, 0.717) is 17.1 Å². The Hall–Kier alpha value is -2.65. The Balaban J connectivity index is 2.20. The van der Waals surface area contributed by atoms with Crippen LogP contribution < -0.4 is 4.72 Å². The molecule has 1 amide bonds. The maximum absolute atomic E-state index is 12.6. The van der Waals surface area contributed by atoms with E-state index in [0.717, 1.165) is 0 Å². The Kier molecular flexibility index (Phi) is 6.40. The van der Waals surface area contributed by atoms with Gasteiger partial charge in [-0.25, -0.2) is 17.9 Å². The zero-order valence-corrected chi connectivity index (χ0v) is 16.4. The van der Waals surface area contributed by atoms with Crippen molar-refractivity contribution in [1.82, 2.24) is 9.62 Å². The Morgan fingerprint density at radius 2 is 1.96 bits per heavy atom. The third kappa shape index (κ3) is 4.75. The van der Waals surface area contributed by atoms with Crippen LogP contribution in [0, 0.1) is 6.92 Å². The zero-order valence-electron chi connectivity index (χ0n) is 15.6. The molecule has 0 saturated heterocycles. The molecule has 0 aliphatic rings. The van der Waals surface area contributed by atoms with E-state index in [1.807, 2.05) is 0 Å². The van der Waals surface area contributed by atoms with E-state index < -0.39 is 16.0 Å². The van der Waals surface area contributed by atoms with Gasteiger partial charge >= 0.3 is 5.97 Å². The third-order valence-electron chi connectivity index (χ3n) is 3.84. The molecule has 2 rings (SSSR count). The molecule has 1 aromatic carbocycles. The molecule has 2 aromatic rings. The average Bonchev–Trinajstić information content (AvgIpc) is 3.00. The number of sulfonamides is 1. The van der Waals surface area contributed by atoms with Gasteiger partial charge < -0.3 is 14.1 Å². The van der Waals surface area contributed by atoms with Crippen molar-refractivity contribution in [1.29, 1.82) is 0 Å². The number of amides is 1. The van der Waals surface area contributed by atoms with Gasteiger partial charge in [-0.1, -0.05) is 13.0 Å². The summed E-state index contributed by atoms with van der Waals surface area (Å²) in [5, 5.41) is 0. The van der Waals surface area contributed by atoms with Crippen molar-refractivity contribution in [2.24, 2.45) is 0 Å². The van der Waals surface area contributed by atoms with E-state index in [2.05, 4.69) is 9.46 Å². The first-order chi connectivity index (χ1) is 12.7. The van der Waals surface area contributed by atoms with Crippen LogP contribution in [0.3, 0.4) is 0 Å². The van der Waals surface area contributed by atoms with Crippen molar-refractivity contribution in [3.8, 4) is 0 Å². The molecule has 0 aliphatic carbocycles. The number of esters is 1. The van der Waals surface area contributed by atoms with Crippen molar-refractivity contribution in [2.75, 3.05) is 20.7 Å². The Morgan fingerprint density at radius 3 is 2.59 bits per heavy atom. The quantitative estimate of drug-likeness (QED) is 0.720. The Labute approximate surface area is 158 Å². The first-order valence-electron chi connectivity index (χ1n) is 8.22. The monoisotopic (exact) mass is 394 g/mol. The van der Waals surface area contributed by atoms with Crippen molar-refractivity contribution < 1.29 is 27.2 Å². The van der Waals surface area contributed by atoms with Crippen molar-refractivity contribution in [3.63, 3.8) is 0 Å².